The van der Waals surface area contributed by atoms with Crippen LogP contribution in [0.25, 0.3) is 0 Å². The fourth-order valence-corrected chi connectivity index (χ4v) is 2.34. The van der Waals surface area contributed by atoms with Crippen LogP contribution in [0.5, 0.6) is 0 Å². The Labute approximate surface area is 92.8 Å². The molecule has 0 spiro atoms. The third kappa shape index (κ3) is 1.51. The number of nitrogens with two attached hydrogens (primary N) is 1. The van der Waals surface area contributed by atoms with Gasteiger partial charge in [-0.3, -0.25) is 0 Å². The first-order valence-corrected chi connectivity index (χ1v) is 5.50. The molecule has 1 aliphatic carbocycles. The van der Waals surface area contributed by atoms with Gasteiger partial charge >= 0.3 is 0 Å². The summed E-state index contributed by atoms with van der Waals surface area (Å²) in [5.74, 6) is 0.706. The summed E-state index contributed by atoms with van der Waals surface area (Å²) in [6.07, 6.45) is 5.39. The predicted molar refractivity (Wildman–Crippen MR) is 57.6 cm³/mol. The van der Waals surface area contributed by atoms with Crippen molar-refractivity contribution >= 4 is 0 Å². The van der Waals surface area contributed by atoms with E-state index in [1.165, 1.54) is 11.3 Å². The molecule has 0 amide bonds. The van der Waals surface area contributed by atoms with Gasteiger partial charge in [-0.2, -0.15) is 5.21 Å². The normalized spacial score (nSPS) is 19.7. The number of H-pyrrole nitrogens is 1. The van der Waals surface area contributed by atoms with Gasteiger partial charge in [-0.05, 0) is 30.9 Å². The second kappa shape index (κ2) is 3.71. The molecular weight excluding hydrogens is 204 g/mol. The summed E-state index contributed by atoms with van der Waals surface area (Å²) in [6, 6.07) is 2.30. The lowest BCUT2D eigenvalue weighted by Gasteiger charge is -2.20. The number of nitrogens with one attached hydrogen (secondary N) is 1. The summed E-state index contributed by atoms with van der Waals surface area (Å²) in [6.45, 7) is 0.665. The number of hydrogen-bond donors (Lipinski definition) is 2. The number of nitrogens with zero attached hydrogens (tertiary/aromatic N) is 4. The zero-order chi connectivity index (χ0) is 11.0. The van der Waals surface area contributed by atoms with Crippen molar-refractivity contribution in [2.45, 2.75) is 31.8 Å². The number of tetrazole rings is 1. The van der Waals surface area contributed by atoms with E-state index < -0.39 is 0 Å². The lowest BCUT2D eigenvalue weighted by molar-refractivity contribution is 0.545. The molecule has 2 aromatic rings. The predicted octanol–water partition coefficient (Wildman–Crippen LogP) is 0.386. The van der Waals surface area contributed by atoms with Crippen LogP contribution in [0.4, 0.5) is 0 Å². The first kappa shape index (κ1) is 9.53. The van der Waals surface area contributed by atoms with Crippen LogP contribution in [-0.4, -0.2) is 25.2 Å². The highest BCUT2D eigenvalue weighted by Gasteiger charge is 2.20. The molecule has 0 aromatic carbocycles. The van der Waals surface area contributed by atoms with E-state index in [0.717, 1.165) is 19.3 Å². The van der Waals surface area contributed by atoms with E-state index in [1.54, 1.807) is 0 Å². The molecule has 0 saturated carbocycles. The molecule has 0 radical (unpaired) electrons. The summed E-state index contributed by atoms with van der Waals surface area (Å²) in [5.41, 5.74) is 8.67. The second-order valence-electron chi connectivity index (χ2n) is 4.17. The first-order valence-electron chi connectivity index (χ1n) is 5.50. The molecule has 1 atom stereocenters. The summed E-state index contributed by atoms with van der Waals surface area (Å²) in [5, 5.41) is 13.9. The Morgan fingerprint density at radius 1 is 1.56 bits per heavy atom. The smallest absolute Gasteiger partial charge is 0.194 e. The molecule has 3 rings (SSSR count). The molecule has 16 heavy (non-hydrogen) atoms. The summed E-state index contributed by atoms with van der Waals surface area (Å²) < 4.78 is 2.17. The van der Waals surface area contributed by atoms with Crippen molar-refractivity contribution < 1.29 is 0 Å². The molecule has 1 unspecified atom stereocenters. The average Bonchev–Trinajstić information content (AvgIpc) is 2.90. The monoisotopic (exact) mass is 218 g/mol. The standard InChI is InChI=1S/C10H14N6/c11-8-2-1-3-9-7(8)4-5-16(9)6-10-12-14-15-13-10/h4-5,8H,1-3,6,11H2,(H,12,13,14,15). The summed E-state index contributed by atoms with van der Waals surface area (Å²) in [7, 11) is 0. The van der Waals surface area contributed by atoms with E-state index in [2.05, 4.69) is 37.5 Å². The molecule has 2 aromatic heterocycles. The molecule has 0 aliphatic heterocycles. The van der Waals surface area contributed by atoms with Gasteiger partial charge in [-0.15, -0.1) is 10.2 Å². The minimum Gasteiger partial charge on any atom is -0.343 e. The van der Waals surface area contributed by atoms with E-state index >= 15 is 0 Å². The number of aromatic amines is 1. The van der Waals surface area contributed by atoms with Crippen LogP contribution in [0, 0.1) is 0 Å². The maximum absolute atomic E-state index is 6.07. The van der Waals surface area contributed by atoms with Gasteiger partial charge in [0.05, 0.1) is 6.54 Å². The molecule has 84 valence electrons. The number of fused-ring (bicyclic) bond motifs is 1. The molecule has 2 heterocycles. The Bertz CT molecular complexity index is 471. The molecule has 3 N–H and O–H groups in total. The molecular formula is C10H14N6. The molecule has 1 aliphatic rings. The lowest BCUT2D eigenvalue weighted by atomic mass is 9.94. The highest BCUT2D eigenvalue weighted by atomic mass is 15.5. The van der Waals surface area contributed by atoms with Gasteiger partial charge in [0.2, 0.25) is 0 Å². The van der Waals surface area contributed by atoms with Crippen molar-refractivity contribution in [1.29, 1.82) is 0 Å². The van der Waals surface area contributed by atoms with Crippen LogP contribution in [0.1, 0.15) is 36.0 Å². The van der Waals surface area contributed by atoms with Crippen molar-refractivity contribution in [2.24, 2.45) is 5.73 Å². The van der Waals surface area contributed by atoms with Crippen molar-refractivity contribution in [3.63, 3.8) is 0 Å². The van der Waals surface area contributed by atoms with E-state index in [4.69, 9.17) is 5.73 Å². The Balaban J connectivity index is 1.91. The number of rotatable bonds is 2. The van der Waals surface area contributed by atoms with Gasteiger partial charge in [-0.25, -0.2) is 0 Å². The van der Waals surface area contributed by atoms with E-state index in [1.807, 2.05) is 0 Å². The highest BCUT2D eigenvalue weighted by molar-refractivity contribution is 5.28. The van der Waals surface area contributed by atoms with Gasteiger partial charge in [0, 0.05) is 17.9 Å². The van der Waals surface area contributed by atoms with Crippen LogP contribution < -0.4 is 5.73 Å². The molecule has 0 fully saturated rings. The Hall–Kier alpha value is -1.69. The highest BCUT2D eigenvalue weighted by Crippen LogP contribution is 2.28. The third-order valence-electron chi connectivity index (χ3n) is 3.14. The van der Waals surface area contributed by atoms with Crippen LogP contribution in [0.3, 0.4) is 0 Å². The third-order valence-corrected chi connectivity index (χ3v) is 3.14. The molecule has 6 nitrogen and oxygen atoms in total. The van der Waals surface area contributed by atoms with Crippen molar-refractivity contribution in [3.05, 3.63) is 29.3 Å². The van der Waals surface area contributed by atoms with Crippen molar-refractivity contribution in [3.8, 4) is 0 Å². The largest absolute Gasteiger partial charge is 0.343 e. The summed E-state index contributed by atoms with van der Waals surface area (Å²) in [4.78, 5) is 0. The zero-order valence-corrected chi connectivity index (χ0v) is 8.93. The van der Waals surface area contributed by atoms with Gasteiger partial charge in [0.1, 0.15) is 0 Å². The zero-order valence-electron chi connectivity index (χ0n) is 8.93. The molecule has 0 bridgehead atoms. The van der Waals surface area contributed by atoms with Crippen molar-refractivity contribution in [2.75, 3.05) is 0 Å². The topological polar surface area (TPSA) is 85.4 Å². The first-order chi connectivity index (χ1) is 7.84. The van der Waals surface area contributed by atoms with E-state index in [0.29, 0.717) is 12.4 Å². The molecule has 6 heteroatoms. The maximum atomic E-state index is 6.07. The minimum atomic E-state index is 0.190. The SMILES string of the molecule is NC1CCCc2c1ccn2Cc1nn[nH]n1. The van der Waals surface area contributed by atoms with Crippen LogP contribution in [-0.2, 0) is 13.0 Å². The van der Waals surface area contributed by atoms with Crippen molar-refractivity contribution in [1.82, 2.24) is 25.2 Å². The second-order valence-corrected chi connectivity index (χ2v) is 4.17. The maximum Gasteiger partial charge on any atom is 0.194 e. The fourth-order valence-electron chi connectivity index (χ4n) is 2.34. The quantitative estimate of drug-likeness (QED) is 0.763. The summed E-state index contributed by atoms with van der Waals surface area (Å²) >= 11 is 0. The average molecular weight is 218 g/mol. The van der Waals surface area contributed by atoms with Gasteiger partial charge < -0.3 is 10.3 Å². The Morgan fingerprint density at radius 3 is 3.31 bits per heavy atom. The molecule has 0 saturated heterocycles. The van der Waals surface area contributed by atoms with Gasteiger partial charge in [0.15, 0.2) is 5.82 Å². The minimum absolute atomic E-state index is 0.190. The van der Waals surface area contributed by atoms with E-state index in [-0.39, 0.29) is 6.04 Å². The fraction of sp³-hybridized carbons (Fsp3) is 0.500. The van der Waals surface area contributed by atoms with E-state index in [9.17, 15) is 0 Å². The Kier molecular flexibility index (Phi) is 2.21. The van der Waals surface area contributed by atoms with Gasteiger partial charge in [-0.1, -0.05) is 5.21 Å². The number of aromatic nitrogens is 5. The van der Waals surface area contributed by atoms with Gasteiger partial charge in [0.25, 0.3) is 0 Å². The van der Waals surface area contributed by atoms with Crippen LogP contribution >= 0.6 is 0 Å². The Morgan fingerprint density at radius 2 is 2.50 bits per heavy atom. The lowest BCUT2D eigenvalue weighted by Crippen LogP contribution is -2.18. The number of hydrogen-bond acceptors (Lipinski definition) is 4. The van der Waals surface area contributed by atoms with Crippen LogP contribution in [0.15, 0.2) is 12.3 Å². The van der Waals surface area contributed by atoms with Crippen LogP contribution in [0.2, 0.25) is 0 Å².